The number of methoxy groups -OCH3 is 1. The quantitative estimate of drug-likeness (QED) is 0.614. The van der Waals surface area contributed by atoms with Gasteiger partial charge >= 0.3 is 5.97 Å². The summed E-state index contributed by atoms with van der Waals surface area (Å²) in [5.41, 5.74) is 2.49. The van der Waals surface area contributed by atoms with Crippen molar-refractivity contribution in [2.75, 3.05) is 13.7 Å². The summed E-state index contributed by atoms with van der Waals surface area (Å²) in [5, 5.41) is 5.25. The molecule has 31 heavy (non-hydrogen) atoms. The highest BCUT2D eigenvalue weighted by atomic mass is 32.2. The number of hydrogen-bond acceptors (Lipinski definition) is 6. The number of ether oxygens (including phenoxy) is 3. The molecule has 2 aromatic carbocycles. The van der Waals surface area contributed by atoms with Crippen LogP contribution in [0.1, 0.15) is 50.8 Å². The van der Waals surface area contributed by atoms with Gasteiger partial charge in [0.25, 0.3) is 0 Å². The van der Waals surface area contributed by atoms with E-state index < -0.39 is 15.4 Å². The molecule has 168 valence electrons. The SMILES string of the molecule is CCOC(=O)C(C)(C)CCC1Oc2cccc(OC)c2-c2ccc(CS(N)(=O)=O)cc21. The van der Waals surface area contributed by atoms with Gasteiger partial charge in [-0.2, -0.15) is 0 Å². The Bertz CT molecular complexity index is 1080. The molecule has 2 aromatic rings. The second-order valence-corrected chi connectivity index (χ2v) is 9.93. The number of fused-ring (bicyclic) bond motifs is 3. The van der Waals surface area contributed by atoms with Crippen LogP contribution >= 0.6 is 0 Å². The zero-order valence-electron chi connectivity index (χ0n) is 18.3. The molecule has 0 saturated carbocycles. The summed E-state index contributed by atoms with van der Waals surface area (Å²) < 4.78 is 40.3. The second-order valence-electron chi connectivity index (χ2n) is 8.31. The minimum atomic E-state index is -3.67. The minimum absolute atomic E-state index is 0.254. The topological polar surface area (TPSA) is 105 Å². The van der Waals surface area contributed by atoms with Crippen molar-refractivity contribution in [2.24, 2.45) is 10.6 Å². The van der Waals surface area contributed by atoms with Gasteiger partial charge in [-0.15, -0.1) is 0 Å². The van der Waals surface area contributed by atoms with E-state index >= 15 is 0 Å². The lowest BCUT2D eigenvalue weighted by molar-refractivity contribution is -0.154. The molecule has 0 radical (unpaired) electrons. The first-order valence-electron chi connectivity index (χ1n) is 10.2. The molecule has 8 heteroatoms. The van der Waals surface area contributed by atoms with Crippen molar-refractivity contribution in [1.29, 1.82) is 0 Å². The summed E-state index contributed by atoms with van der Waals surface area (Å²) in [6.45, 7) is 5.81. The van der Waals surface area contributed by atoms with Crippen LogP contribution in [0, 0.1) is 5.41 Å². The highest BCUT2D eigenvalue weighted by Crippen LogP contribution is 2.49. The maximum absolute atomic E-state index is 12.3. The van der Waals surface area contributed by atoms with Gasteiger partial charge in [-0.05, 0) is 56.9 Å². The van der Waals surface area contributed by atoms with E-state index in [9.17, 15) is 13.2 Å². The number of rotatable bonds is 8. The fraction of sp³-hybridized carbons (Fsp3) is 0.435. The van der Waals surface area contributed by atoms with Crippen LogP contribution in [0.5, 0.6) is 11.5 Å². The number of carbonyl (C=O) groups excluding carboxylic acids is 1. The molecule has 1 aliphatic heterocycles. The fourth-order valence-corrected chi connectivity index (χ4v) is 4.47. The molecule has 7 nitrogen and oxygen atoms in total. The molecule has 1 unspecified atom stereocenters. The summed E-state index contributed by atoms with van der Waals surface area (Å²) in [5.74, 6) is 0.837. The zero-order valence-corrected chi connectivity index (χ0v) is 19.1. The van der Waals surface area contributed by atoms with E-state index in [0.717, 1.165) is 16.7 Å². The first-order valence-corrected chi connectivity index (χ1v) is 11.9. The average Bonchev–Trinajstić information content (AvgIpc) is 2.70. The molecule has 0 fully saturated rings. The number of esters is 1. The smallest absolute Gasteiger partial charge is 0.311 e. The Hall–Kier alpha value is -2.58. The van der Waals surface area contributed by atoms with E-state index in [-0.39, 0.29) is 17.8 Å². The van der Waals surface area contributed by atoms with Crippen LogP contribution in [0.25, 0.3) is 11.1 Å². The van der Waals surface area contributed by atoms with Gasteiger partial charge in [0.05, 0.1) is 30.4 Å². The van der Waals surface area contributed by atoms with Gasteiger partial charge in [0.1, 0.15) is 17.6 Å². The van der Waals surface area contributed by atoms with Gasteiger partial charge in [0, 0.05) is 5.56 Å². The van der Waals surface area contributed by atoms with Gasteiger partial charge in [0.2, 0.25) is 10.0 Å². The summed E-state index contributed by atoms with van der Waals surface area (Å²) >= 11 is 0. The van der Waals surface area contributed by atoms with E-state index in [4.69, 9.17) is 19.3 Å². The summed E-state index contributed by atoms with van der Waals surface area (Å²) in [7, 11) is -2.08. The summed E-state index contributed by atoms with van der Waals surface area (Å²) in [6.07, 6.45) is 0.729. The van der Waals surface area contributed by atoms with Crippen LogP contribution in [0.15, 0.2) is 36.4 Å². The number of hydrogen-bond donors (Lipinski definition) is 1. The number of nitrogens with two attached hydrogens (primary N) is 1. The molecule has 1 heterocycles. The molecule has 0 spiro atoms. The number of sulfonamides is 1. The van der Waals surface area contributed by atoms with E-state index in [1.165, 1.54) is 0 Å². The van der Waals surface area contributed by atoms with Gasteiger partial charge in [-0.1, -0.05) is 24.3 Å². The lowest BCUT2D eigenvalue weighted by atomic mass is 9.83. The predicted octanol–water partition coefficient (Wildman–Crippen LogP) is 3.95. The summed E-state index contributed by atoms with van der Waals surface area (Å²) in [6, 6.07) is 11.0. The van der Waals surface area contributed by atoms with Crippen LogP contribution in [0.2, 0.25) is 0 Å². The van der Waals surface area contributed by atoms with Gasteiger partial charge in [0.15, 0.2) is 0 Å². The molecule has 1 atom stereocenters. The van der Waals surface area contributed by atoms with Crippen LogP contribution in [-0.2, 0) is 25.3 Å². The molecular weight excluding hydrogens is 418 g/mol. The number of benzene rings is 2. The monoisotopic (exact) mass is 447 g/mol. The highest BCUT2D eigenvalue weighted by Gasteiger charge is 2.34. The number of primary sulfonamides is 1. The molecule has 1 aliphatic rings. The molecule has 2 N–H and O–H groups in total. The van der Waals surface area contributed by atoms with Gasteiger partial charge in [-0.3, -0.25) is 4.79 Å². The standard InChI is InChI=1S/C23H29NO6S/c1-5-29-22(25)23(2,3)12-11-18-17-13-15(14-31(24,26)27)9-10-16(17)21-19(28-4)7-6-8-20(21)30-18/h6-10,13,18H,5,11-12,14H2,1-4H3,(H2,24,26,27). The third-order valence-corrected chi connectivity index (χ3v) is 6.17. The first kappa shape index (κ1) is 23.1. The Morgan fingerprint density at radius 3 is 2.61 bits per heavy atom. The van der Waals surface area contributed by atoms with Crippen molar-refractivity contribution in [1.82, 2.24) is 0 Å². The van der Waals surface area contributed by atoms with E-state index in [0.29, 0.717) is 36.5 Å². The van der Waals surface area contributed by atoms with Crippen molar-refractivity contribution < 1.29 is 27.4 Å². The van der Waals surface area contributed by atoms with Crippen molar-refractivity contribution in [3.63, 3.8) is 0 Å². The molecule has 0 saturated heterocycles. The van der Waals surface area contributed by atoms with E-state index in [1.54, 1.807) is 20.1 Å². The minimum Gasteiger partial charge on any atom is -0.496 e. The molecule has 0 bridgehead atoms. The molecule has 0 amide bonds. The van der Waals surface area contributed by atoms with Crippen molar-refractivity contribution in [3.05, 3.63) is 47.5 Å². The lowest BCUT2D eigenvalue weighted by Gasteiger charge is -2.32. The highest BCUT2D eigenvalue weighted by molar-refractivity contribution is 7.88. The maximum atomic E-state index is 12.3. The van der Waals surface area contributed by atoms with Crippen LogP contribution in [0.3, 0.4) is 0 Å². The zero-order chi connectivity index (χ0) is 22.8. The second kappa shape index (κ2) is 8.88. The van der Waals surface area contributed by atoms with Crippen LogP contribution in [0.4, 0.5) is 0 Å². The van der Waals surface area contributed by atoms with Gasteiger partial charge < -0.3 is 14.2 Å². The molecular formula is C23H29NO6S. The molecule has 0 aromatic heterocycles. The van der Waals surface area contributed by atoms with Crippen molar-refractivity contribution >= 4 is 16.0 Å². The number of carbonyl (C=O) groups is 1. The van der Waals surface area contributed by atoms with Crippen LogP contribution < -0.4 is 14.6 Å². The van der Waals surface area contributed by atoms with Crippen molar-refractivity contribution in [3.8, 4) is 22.6 Å². The van der Waals surface area contributed by atoms with E-state index in [1.807, 2.05) is 44.2 Å². The first-order chi connectivity index (χ1) is 14.6. The Labute approximate surface area is 183 Å². The maximum Gasteiger partial charge on any atom is 0.311 e. The Balaban J connectivity index is 2.00. The average molecular weight is 448 g/mol. The normalized spacial score (nSPS) is 15.5. The predicted molar refractivity (Wildman–Crippen MR) is 118 cm³/mol. The third kappa shape index (κ3) is 5.19. The largest absolute Gasteiger partial charge is 0.496 e. The Morgan fingerprint density at radius 1 is 1.23 bits per heavy atom. The third-order valence-electron chi connectivity index (χ3n) is 5.44. The molecule has 0 aliphatic carbocycles. The van der Waals surface area contributed by atoms with Gasteiger partial charge in [-0.25, -0.2) is 13.6 Å². The molecule has 3 rings (SSSR count). The Morgan fingerprint density at radius 2 is 1.97 bits per heavy atom. The Kier molecular flexibility index (Phi) is 6.62. The van der Waals surface area contributed by atoms with E-state index in [2.05, 4.69) is 0 Å². The van der Waals surface area contributed by atoms with Crippen LogP contribution in [-0.4, -0.2) is 28.1 Å². The lowest BCUT2D eigenvalue weighted by Crippen LogP contribution is -2.28. The summed E-state index contributed by atoms with van der Waals surface area (Å²) in [4.78, 5) is 12.3. The fourth-order valence-electron chi connectivity index (χ4n) is 3.82. The van der Waals surface area contributed by atoms with Crippen molar-refractivity contribution in [2.45, 2.75) is 45.5 Å².